The van der Waals surface area contributed by atoms with Crippen molar-refractivity contribution in [1.82, 2.24) is 15.5 Å². The van der Waals surface area contributed by atoms with E-state index in [9.17, 15) is 39.6 Å². The van der Waals surface area contributed by atoms with E-state index in [-0.39, 0.29) is 30.9 Å². The number of aliphatic hydroxyl groups excluding tert-OH is 1. The van der Waals surface area contributed by atoms with Crippen molar-refractivity contribution in [3.8, 4) is 11.5 Å². The maximum Gasteiger partial charge on any atom is 0.326 e. The molecule has 5 unspecified atom stereocenters. The Labute approximate surface area is 225 Å². The second-order valence-corrected chi connectivity index (χ2v) is 9.66. The monoisotopic (exact) mass is 542 g/mol. The molecule has 0 spiro atoms. The van der Waals surface area contributed by atoms with Crippen molar-refractivity contribution in [2.45, 2.75) is 62.9 Å². The van der Waals surface area contributed by atoms with Crippen molar-refractivity contribution in [2.24, 2.45) is 5.73 Å². The predicted molar refractivity (Wildman–Crippen MR) is 140 cm³/mol. The number of phenolic OH excluding ortho intramolecular Hbond substituents is 2. The van der Waals surface area contributed by atoms with Crippen LogP contribution in [-0.4, -0.2) is 85.8 Å². The van der Waals surface area contributed by atoms with Gasteiger partial charge in [0.25, 0.3) is 0 Å². The van der Waals surface area contributed by atoms with Gasteiger partial charge in [0.15, 0.2) is 0 Å². The van der Waals surface area contributed by atoms with Gasteiger partial charge in [-0.1, -0.05) is 24.3 Å². The third kappa shape index (κ3) is 7.91. The zero-order chi connectivity index (χ0) is 28.7. The van der Waals surface area contributed by atoms with Crippen LogP contribution in [0.2, 0.25) is 0 Å². The number of nitrogens with zero attached hydrogens (tertiary/aromatic N) is 1. The highest BCUT2D eigenvalue weighted by Crippen LogP contribution is 2.20. The minimum Gasteiger partial charge on any atom is -0.508 e. The van der Waals surface area contributed by atoms with Gasteiger partial charge < -0.3 is 41.7 Å². The molecular weight excluding hydrogens is 508 g/mol. The van der Waals surface area contributed by atoms with E-state index < -0.39 is 54.0 Å². The fourth-order valence-electron chi connectivity index (χ4n) is 4.39. The molecule has 1 saturated heterocycles. The number of carboxylic acid groups (broad SMARTS) is 1. The number of aromatic hydroxyl groups is 2. The highest BCUT2D eigenvalue weighted by molar-refractivity contribution is 5.94. The number of likely N-dealkylation sites (tertiary alicyclic amines) is 1. The molecule has 12 heteroatoms. The van der Waals surface area contributed by atoms with Crippen molar-refractivity contribution < 1.29 is 39.6 Å². The third-order valence-corrected chi connectivity index (χ3v) is 6.64. The van der Waals surface area contributed by atoms with Gasteiger partial charge in [-0.05, 0) is 55.2 Å². The van der Waals surface area contributed by atoms with E-state index >= 15 is 0 Å². The number of aliphatic hydroxyl groups is 1. The summed E-state index contributed by atoms with van der Waals surface area (Å²) >= 11 is 0. The van der Waals surface area contributed by atoms with Crippen LogP contribution in [-0.2, 0) is 32.0 Å². The number of nitrogens with two attached hydrogens (primary N) is 1. The standard InChI is InChI=1S/C27H34N4O8/c1-15(32)23(28)26(37)31-12-2-3-22(31)25(36)29-20(13-16-4-8-18(33)9-5-16)24(35)30-21(27(38)39)14-17-6-10-19(34)11-7-17/h4-11,15,20-23,32-34H,2-3,12-14,28H2,1H3,(H,29,36)(H,30,35)(H,38,39). The molecule has 1 heterocycles. The number of aliphatic carboxylic acids is 1. The van der Waals surface area contributed by atoms with Crippen molar-refractivity contribution in [1.29, 1.82) is 0 Å². The zero-order valence-electron chi connectivity index (χ0n) is 21.5. The zero-order valence-corrected chi connectivity index (χ0v) is 21.5. The van der Waals surface area contributed by atoms with Gasteiger partial charge in [0.2, 0.25) is 17.7 Å². The molecule has 1 aliphatic rings. The Morgan fingerprint density at radius 1 is 0.923 bits per heavy atom. The second-order valence-electron chi connectivity index (χ2n) is 9.66. The Bertz CT molecular complexity index is 1170. The highest BCUT2D eigenvalue weighted by Gasteiger charge is 2.39. The maximum absolute atomic E-state index is 13.3. The van der Waals surface area contributed by atoms with Gasteiger partial charge in [0.05, 0.1) is 6.10 Å². The lowest BCUT2D eigenvalue weighted by molar-refractivity contribution is -0.143. The summed E-state index contributed by atoms with van der Waals surface area (Å²) in [5.41, 5.74) is 6.95. The molecule has 0 radical (unpaired) electrons. The molecule has 1 fully saturated rings. The molecule has 12 nitrogen and oxygen atoms in total. The van der Waals surface area contributed by atoms with Crippen LogP contribution in [0.3, 0.4) is 0 Å². The lowest BCUT2D eigenvalue weighted by Gasteiger charge is -2.29. The summed E-state index contributed by atoms with van der Waals surface area (Å²) in [6.07, 6.45) is -0.341. The number of rotatable bonds is 11. The molecular formula is C27H34N4O8. The Balaban J connectivity index is 1.79. The molecule has 0 bridgehead atoms. The lowest BCUT2D eigenvalue weighted by atomic mass is 10.0. The average Bonchev–Trinajstić information content (AvgIpc) is 3.39. The fourth-order valence-corrected chi connectivity index (χ4v) is 4.39. The molecule has 2 aromatic carbocycles. The summed E-state index contributed by atoms with van der Waals surface area (Å²) in [4.78, 5) is 52.6. The van der Waals surface area contributed by atoms with Gasteiger partial charge in [0, 0.05) is 19.4 Å². The van der Waals surface area contributed by atoms with Crippen molar-refractivity contribution in [2.75, 3.05) is 6.54 Å². The molecule has 210 valence electrons. The van der Waals surface area contributed by atoms with E-state index in [2.05, 4.69) is 10.6 Å². The number of carboxylic acids is 1. The first-order valence-electron chi connectivity index (χ1n) is 12.6. The molecule has 1 aliphatic heterocycles. The fraction of sp³-hybridized carbons (Fsp3) is 0.407. The van der Waals surface area contributed by atoms with E-state index in [1.54, 1.807) is 12.1 Å². The second kappa shape index (κ2) is 13.1. The summed E-state index contributed by atoms with van der Waals surface area (Å²) in [6.45, 7) is 1.64. The van der Waals surface area contributed by atoms with Crippen molar-refractivity contribution in [3.63, 3.8) is 0 Å². The van der Waals surface area contributed by atoms with Crippen molar-refractivity contribution in [3.05, 3.63) is 59.7 Å². The Morgan fingerprint density at radius 2 is 1.44 bits per heavy atom. The van der Waals surface area contributed by atoms with Gasteiger partial charge in [-0.2, -0.15) is 0 Å². The topological polar surface area (TPSA) is 203 Å². The van der Waals surface area contributed by atoms with Crippen LogP contribution in [0.5, 0.6) is 11.5 Å². The molecule has 2 aromatic rings. The van der Waals surface area contributed by atoms with Crippen LogP contribution in [0.25, 0.3) is 0 Å². The number of phenols is 2. The Kier molecular flexibility index (Phi) is 9.85. The van der Waals surface area contributed by atoms with Crippen molar-refractivity contribution >= 4 is 23.7 Å². The molecule has 5 atom stereocenters. The first kappa shape index (κ1) is 29.4. The number of amides is 3. The molecule has 0 saturated carbocycles. The van der Waals surface area contributed by atoms with Gasteiger partial charge in [0.1, 0.15) is 35.7 Å². The summed E-state index contributed by atoms with van der Waals surface area (Å²) < 4.78 is 0. The first-order valence-corrected chi connectivity index (χ1v) is 12.6. The molecule has 3 amide bonds. The molecule has 3 rings (SSSR count). The first-order chi connectivity index (χ1) is 18.5. The minimum atomic E-state index is -1.32. The summed E-state index contributed by atoms with van der Waals surface area (Å²) in [5.74, 6) is -3.20. The van der Waals surface area contributed by atoms with Gasteiger partial charge in [-0.3, -0.25) is 14.4 Å². The SMILES string of the molecule is CC(O)C(N)C(=O)N1CCCC1C(=O)NC(Cc1ccc(O)cc1)C(=O)NC(Cc1ccc(O)cc1)C(=O)O. The molecule has 8 N–H and O–H groups in total. The van der Waals surface area contributed by atoms with Crippen LogP contribution in [0.4, 0.5) is 0 Å². The summed E-state index contributed by atoms with van der Waals surface area (Å²) in [5, 5.41) is 43.7. The van der Waals surface area contributed by atoms with Crippen LogP contribution in [0.1, 0.15) is 30.9 Å². The molecule has 0 aliphatic carbocycles. The summed E-state index contributed by atoms with van der Waals surface area (Å²) in [6, 6.07) is 7.23. The minimum absolute atomic E-state index is 0.0122. The van der Waals surface area contributed by atoms with Crippen LogP contribution >= 0.6 is 0 Å². The predicted octanol–water partition coefficient (Wildman–Crippen LogP) is -0.364. The van der Waals surface area contributed by atoms with Gasteiger partial charge >= 0.3 is 5.97 Å². The number of hydrogen-bond acceptors (Lipinski definition) is 8. The Morgan fingerprint density at radius 3 is 1.92 bits per heavy atom. The molecule has 0 aromatic heterocycles. The Hall–Kier alpha value is -4.16. The maximum atomic E-state index is 13.3. The number of hydrogen-bond donors (Lipinski definition) is 7. The van der Waals surface area contributed by atoms with Crippen LogP contribution < -0.4 is 16.4 Å². The molecule has 39 heavy (non-hydrogen) atoms. The van der Waals surface area contributed by atoms with Crippen LogP contribution in [0, 0.1) is 0 Å². The van der Waals surface area contributed by atoms with E-state index in [1.807, 2.05) is 0 Å². The average molecular weight is 543 g/mol. The summed E-state index contributed by atoms with van der Waals surface area (Å²) in [7, 11) is 0. The third-order valence-electron chi connectivity index (χ3n) is 6.64. The highest BCUT2D eigenvalue weighted by atomic mass is 16.4. The number of carbonyl (C=O) groups is 4. The number of benzene rings is 2. The van der Waals surface area contributed by atoms with E-state index in [4.69, 9.17) is 5.73 Å². The normalized spacial score (nSPS) is 18.0. The number of carbonyl (C=O) groups excluding carboxylic acids is 3. The van der Waals surface area contributed by atoms with E-state index in [1.165, 1.54) is 48.2 Å². The quantitative estimate of drug-likeness (QED) is 0.198. The lowest BCUT2D eigenvalue weighted by Crippen LogP contribution is -2.58. The smallest absolute Gasteiger partial charge is 0.326 e. The number of nitrogens with one attached hydrogen (secondary N) is 2. The van der Waals surface area contributed by atoms with Crippen LogP contribution in [0.15, 0.2) is 48.5 Å². The largest absolute Gasteiger partial charge is 0.508 e. The van der Waals surface area contributed by atoms with Gasteiger partial charge in [-0.15, -0.1) is 0 Å². The van der Waals surface area contributed by atoms with E-state index in [0.29, 0.717) is 24.0 Å². The van der Waals surface area contributed by atoms with Gasteiger partial charge in [-0.25, -0.2) is 4.79 Å². The van der Waals surface area contributed by atoms with E-state index in [0.717, 1.165) is 0 Å².